The summed E-state index contributed by atoms with van der Waals surface area (Å²) < 4.78 is 11.2. The van der Waals surface area contributed by atoms with Crippen LogP contribution < -0.4 is 0 Å². The second-order valence-electron chi connectivity index (χ2n) is 6.37. The summed E-state index contributed by atoms with van der Waals surface area (Å²) in [5.41, 5.74) is -1.55. The monoisotopic (exact) mass is 282 g/mol. The van der Waals surface area contributed by atoms with Crippen LogP contribution in [0, 0.1) is 12.3 Å². The van der Waals surface area contributed by atoms with Gasteiger partial charge in [0.05, 0.1) is 5.60 Å². The van der Waals surface area contributed by atoms with Crippen molar-refractivity contribution in [1.29, 1.82) is 0 Å². The maximum atomic E-state index is 12.4. The third-order valence-electron chi connectivity index (χ3n) is 2.69. The first-order valence-electron chi connectivity index (χ1n) is 6.74. The molecule has 0 aliphatic heterocycles. The Bertz CT molecular complexity index is 396. The van der Waals surface area contributed by atoms with Crippen molar-refractivity contribution < 1.29 is 19.1 Å². The molecule has 2 unspecified atom stereocenters. The van der Waals surface area contributed by atoms with E-state index in [0.717, 1.165) is 0 Å². The molecule has 2 atom stereocenters. The number of hydrogen-bond acceptors (Lipinski definition) is 4. The van der Waals surface area contributed by atoms with E-state index in [1.807, 2.05) is 20.8 Å². The highest BCUT2D eigenvalue weighted by molar-refractivity contribution is 5.91. The van der Waals surface area contributed by atoms with Gasteiger partial charge in [0.15, 0.2) is 11.6 Å². The van der Waals surface area contributed by atoms with Crippen LogP contribution in [0.2, 0.25) is 0 Å². The Morgan fingerprint density at radius 2 is 1.65 bits per heavy atom. The fraction of sp³-hybridized carbons (Fsp3) is 0.750. The van der Waals surface area contributed by atoms with Crippen molar-refractivity contribution in [2.45, 2.75) is 78.3 Å². The highest BCUT2D eigenvalue weighted by atomic mass is 16.5. The number of Topliss-reactive ketones (excluding diaryl/α,β-unsaturated/α-hetero) is 2. The summed E-state index contributed by atoms with van der Waals surface area (Å²) in [5, 5.41) is 0. The van der Waals surface area contributed by atoms with Gasteiger partial charge in [-0.3, -0.25) is 9.59 Å². The number of ketones is 2. The van der Waals surface area contributed by atoms with E-state index in [9.17, 15) is 9.59 Å². The van der Waals surface area contributed by atoms with E-state index >= 15 is 0 Å². The minimum absolute atomic E-state index is 0.153. The average Bonchev–Trinajstić information content (AvgIpc) is 2.24. The molecule has 4 nitrogen and oxygen atoms in total. The zero-order valence-corrected chi connectivity index (χ0v) is 13.6. The summed E-state index contributed by atoms with van der Waals surface area (Å²) in [5.74, 6) is 1.99. The smallest absolute Gasteiger partial charge is 0.192 e. The zero-order chi connectivity index (χ0) is 16.1. The Morgan fingerprint density at radius 1 is 1.15 bits per heavy atom. The Kier molecular flexibility index (Phi) is 6.60. The lowest BCUT2D eigenvalue weighted by atomic mass is 9.97. The number of terminal acetylenes is 1. The largest absolute Gasteiger partial charge is 0.365 e. The molecule has 0 radical (unpaired) electrons. The molecule has 114 valence electrons. The Labute approximate surface area is 122 Å². The molecule has 0 aliphatic rings. The standard InChI is InChI=1S/C16H26O4/c1-9-10-13(11(2)17)20-16(7,8)14(18)12(3)19-15(4,5)6/h1,12-13H,10H2,2-8H3. The van der Waals surface area contributed by atoms with Crippen molar-refractivity contribution in [3.05, 3.63) is 0 Å². The van der Waals surface area contributed by atoms with Gasteiger partial charge in [-0.05, 0) is 48.5 Å². The maximum Gasteiger partial charge on any atom is 0.192 e. The lowest BCUT2D eigenvalue weighted by Crippen LogP contribution is -2.47. The molecule has 0 heterocycles. The van der Waals surface area contributed by atoms with Gasteiger partial charge >= 0.3 is 0 Å². The number of ether oxygens (including phenoxy) is 2. The molecular formula is C16H26O4. The minimum atomic E-state index is -1.13. The number of rotatable bonds is 7. The van der Waals surface area contributed by atoms with Gasteiger partial charge in [-0.15, -0.1) is 12.3 Å². The Hall–Kier alpha value is -1.18. The van der Waals surface area contributed by atoms with Crippen LogP contribution in [0.15, 0.2) is 0 Å². The lowest BCUT2D eigenvalue weighted by molar-refractivity contribution is -0.167. The molecular weight excluding hydrogens is 256 g/mol. The molecule has 0 bridgehead atoms. The first-order chi connectivity index (χ1) is 8.90. The molecule has 0 saturated heterocycles. The molecule has 0 rings (SSSR count). The van der Waals surface area contributed by atoms with E-state index in [1.165, 1.54) is 6.92 Å². The third kappa shape index (κ3) is 6.31. The van der Waals surface area contributed by atoms with Gasteiger partial charge in [0.2, 0.25) is 0 Å². The van der Waals surface area contributed by atoms with Crippen LogP contribution >= 0.6 is 0 Å². The van der Waals surface area contributed by atoms with Crippen molar-refractivity contribution >= 4 is 11.6 Å². The van der Waals surface area contributed by atoms with Gasteiger partial charge in [-0.1, -0.05) is 0 Å². The van der Waals surface area contributed by atoms with Crippen molar-refractivity contribution in [1.82, 2.24) is 0 Å². The molecule has 0 saturated carbocycles. The van der Waals surface area contributed by atoms with Crippen LogP contribution in [0.25, 0.3) is 0 Å². The van der Waals surface area contributed by atoms with Gasteiger partial charge in [-0.25, -0.2) is 0 Å². The fourth-order valence-corrected chi connectivity index (χ4v) is 1.86. The van der Waals surface area contributed by atoms with Crippen molar-refractivity contribution in [2.75, 3.05) is 0 Å². The second kappa shape index (κ2) is 7.01. The quantitative estimate of drug-likeness (QED) is 0.673. The van der Waals surface area contributed by atoms with E-state index in [1.54, 1.807) is 20.8 Å². The van der Waals surface area contributed by atoms with Crippen LogP contribution in [-0.2, 0) is 19.1 Å². The van der Waals surface area contributed by atoms with E-state index in [-0.39, 0.29) is 18.0 Å². The van der Waals surface area contributed by atoms with Gasteiger partial charge in [0.1, 0.15) is 17.8 Å². The molecule has 4 heteroatoms. The SMILES string of the molecule is C#CCC(OC(C)(C)C(=O)C(C)OC(C)(C)C)C(C)=O. The van der Waals surface area contributed by atoms with Gasteiger partial charge in [0, 0.05) is 6.42 Å². The number of carbonyl (C=O) groups excluding carboxylic acids is 2. The van der Waals surface area contributed by atoms with Crippen LogP contribution in [0.5, 0.6) is 0 Å². The van der Waals surface area contributed by atoms with E-state index in [4.69, 9.17) is 15.9 Å². The Morgan fingerprint density at radius 3 is 2.00 bits per heavy atom. The summed E-state index contributed by atoms with van der Waals surface area (Å²) in [6.07, 6.45) is 3.98. The summed E-state index contributed by atoms with van der Waals surface area (Å²) in [6, 6.07) is 0. The maximum absolute atomic E-state index is 12.4. The molecule has 0 aromatic rings. The predicted octanol–water partition coefficient (Wildman–Crippen LogP) is 2.54. The fourth-order valence-electron chi connectivity index (χ4n) is 1.86. The molecule has 0 aromatic carbocycles. The number of hydrogen-bond donors (Lipinski definition) is 0. The minimum Gasteiger partial charge on any atom is -0.365 e. The predicted molar refractivity (Wildman–Crippen MR) is 78.4 cm³/mol. The highest BCUT2D eigenvalue weighted by Crippen LogP contribution is 2.21. The van der Waals surface area contributed by atoms with Gasteiger partial charge < -0.3 is 9.47 Å². The van der Waals surface area contributed by atoms with E-state index in [0.29, 0.717) is 0 Å². The third-order valence-corrected chi connectivity index (χ3v) is 2.69. The van der Waals surface area contributed by atoms with Crippen molar-refractivity contribution in [3.63, 3.8) is 0 Å². The zero-order valence-electron chi connectivity index (χ0n) is 13.6. The first-order valence-corrected chi connectivity index (χ1v) is 6.74. The average molecular weight is 282 g/mol. The topological polar surface area (TPSA) is 52.6 Å². The van der Waals surface area contributed by atoms with Crippen LogP contribution in [-0.4, -0.2) is 35.0 Å². The summed E-state index contributed by atoms with van der Waals surface area (Å²) in [6.45, 7) is 12.0. The van der Waals surface area contributed by atoms with E-state index in [2.05, 4.69) is 5.92 Å². The lowest BCUT2D eigenvalue weighted by Gasteiger charge is -2.32. The van der Waals surface area contributed by atoms with Crippen LogP contribution in [0.4, 0.5) is 0 Å². The molecule has 0 amide bonds. The summed E-state index contributed by atoms with van der Waals surface area (Å²) >= 11 is 0. The molecule has 0 fully saturated rings. The van der Waals surface area contributed by atoms with E-state index < -0.39 is 23.4 Å². The van der Waals surface area contributed by atoms with Crippen molar-refractivity contribution in [3.8, 4) is 12.3 Å². The molecule has 0 spiro atoms. The van der Waals surface area contributed by atoms with Crippen molar-refractivity contribution in [2.24, 2.45) is 0 Å². The molecule has 0 aliphatic carbocycles. The Balaban J connectivity index is 4.90. The molecule has 0 aromatic heterocycles. The first kappa shape index (κ1) is 18.8. The second-order valence-corrected chi connectivity index (χ2v) is 6.37. The molecule has 20 heavy (non-hydrogen) atoms. The highest BCUT2D eigenvalue weighted by Gasteiger charge is 2.37. The summed E-state index contributed by atoms with van der Waals surface area (Å²) in [4.78, 5) is 23.9. The number of carbonyl (C=O) groups is 2. The normalized spacial score (nSPS) is 15.3. The van der Waals surface area contributed by atoms with Gasteiger partial charge in [0.25, 0.3) is 0 Å². The van der Waals surface area contributed by atoms with Crippen LogP contribution in [0.3, 0.4) is 0 Å². The molecule has 0 N–H and O–H groups in total. The van der Waals surface area contributed by atoms with Crippen LogP contribution in [0.1, 0.15) is 54.9 Å². The summed E-state index contributed by atoms with van der Waals surface area (Å²) in [7, 11) is 0. The van der Waals surface area contributed by atoms with Gasteiger partial charge in [-0.2, -0.15) is 0 Å².